The molecule has 0 atom stereocenters. The minimum Gasteiger partial charge on any atom is -0.456 e. The average Bonchev–Trinajstić information content (AvgIpc) is 2.40. The fourth-order valence-electron chi connectivity index (χ4n) is 2.30. The summed E-state index contributed by atoms with van der Waals surface area (Å²) in [6.07, 6.45) is 0. The van der Waals surface area contributed by atoms with Gasteiger partial charge in [0.25, 0.3) is 0 Å². The molecule has 110 valence electrons. The van der Waals surface area contributed by atoms with Gasteiger partial charge in [0.15, 0.2) is 0 Å². The first-order valence-electron chi connectivity index (χ1n) is 7.08. The maximum Gasteiger partial charge on any atom is 0.140 e. The third-order valence-corrected chi connectivity index (χ3v) is 3.70. The molecule has 0 amide bonds. The molecule has 0 aliphatic carbocycles. The smallest absolute Gasteiger partial charge is 0.140 e. The molecule has 2 rings (SSSR count). The molecule has 21 heavy (non-hydrogen) atoms. The second-order valence-corrected chi connectivity index (χ2v) is 6.05. The predicted molar refractivity (Wildman–Crippen MR) is 92.4 cm³/mol. The van der Waals surface area contributed by atoms with Gasteiger partial charge in [-0.25, -0.2) is 0 Å². The Morgan fingerprint density at radius 2 is 1.86 bits per heavy atom. The molecule has 2 aromatic rings. The van der Waals surface area contributed by atoms with E-state index in [4.69, 9.17) is 22.7 Å². The number of aryl methyl sites for hydroxylation is 2. The van der Waals surface area contributed by atoms with Crippen LogP contribution in [-0.2, 0) is 0 Å². The van der Waals surface area contributed by atoms with Gasteiger partial charge in [-0.05, 0) is 48.6 Å². The lowest BCUT2D eigenvalue weighted by molar-refractivity contribution is 0.468. The summed E-state index contributed by atoms with van der Waals surface area (Å²) < 4.78 is 6.21. The van der Waals surface area contributed by atoms with E-state index in [9.17, 15) is 0 Å². The first-order chi connectivity index (χ1) is 9.90. The van der Waals surface area contributed by atoms with Crippen LogP contribution in [0.3, 0.4) is 0 Å². The molecule has 0 heterocycles. The van der Waals surface area contributed by atoms with Gasteiger partial charge in [0.2, 0.25) is 0 Å². The van der Waals surface area contributed by atoms with Gasteiger partial charge in [-0.3, -0.25) is 0 Å². The molecule has 0 radical (unpaired) electrons. The van der Waals surface area contributed by atoms with Gasteiger partial charge in [-0.2, -0.15) is 0 Å². The van der Waals surface area contributed by atoms with Crippen molar-refractivity contribution in [2.75, 3.05) is 0 Å². The standard InChI is InChI=1S/C18H21NOS/c1-11(2)14-9-8-12(3)10-16(14)20-17-13(4)6-5-7-15(17)18(19)21/h5-11H,1-4H3,(H2,19,21). The maximum atomic E-state index is 6.21. The van der Waals surface area contributed by atoms with Crippen molar-refractivity contribution in [1.82, 2.24) is 0 Å². The lowest BCUT2D eigenvalue weighted by atomic mass is 10.0. The Morgan fingerprint density at radius 3 is 2.48 bits per heavy atom. The molecule has 2 aromatic carbocycles. The Bertz CT molecular complexity index is 677. The van der Waals surface area contributed by atoms with Gasteiger partial charge in [0, 0.05) is 0 Å². The van der Waals surface area contributed by atoms with Crippen molar-refractivity contribution in [3.63, 3.8) is 0 Å². The van der Waals surface area contributed by atoms with Crippen molar-refractivity contribution in [3.05, 3.63) is 58.7 Å². The van der Waals surface area contributed by atoms with Gasteiger partial charge in [0.1, 0.15) is 16.5 Å². The maximum absolute atomic E-state index is 6.21. The van der Waals surface area contributed by atoms with Crippen LogP contribution in [-0.4, -0.2) is 4.99 Å². The van der Waals surface area contributed by atoms with Gasteiger partial charge < -0.3 is 10.5 Å². The lowest BCUT2D eigenvalue weighted by Crippen LogP contribution is -2.11. The normalized spacial score (nSPS) is 10.7. The fraction of sp³-hybridized carbons (Fsp3) is 0.278. The zero-order valence-corrected chi connectivity index (χ0v) is 13.8. The Morgan fingerprint density at radius 1 is 1.14 bits per heavy atom. The summed E-state index contributed by atoms with van der Waals surface area (Å²) in [5.74, 6) is 2.01. The van der Waals surface area contributed by atoms with Crippen LogP contribution < -0.4 is 10.5 Å². The van der Waals surface area contributed by atoms with Crippen molar-refractivity contribution >= 4 is 17.2 Å². The summed E-state index contributed by atoms with van der Waals surface area (Å²) in [7, 11) is 0. The highest BCUT2D eigenvalue weighted by Gasteiger charge is 2.14. The lowest BCUT2D eigenvalue weighted by Gasteiger charge is -2.18. The first-order valence-corrected chi connectivity index (χ1v) is 7.48. The van der Waals surface area contributed by atoms with Crippen LogP contribution in [0.2, 0.25) is 0 Å². The number of ether oxygens (including phenoxy) is 1. The van der Waals surface area contributed by atoms with Crippen LogP contribution in [0.15, 0.2) is 36.4 Å². The number of para-hydroxylation sites is 1. The second-order valence-electron chi connectivity index (χ2n) is 5.61. The molecule has 0 saturated carbocycles. The zero-order chi connectivity index (χ0) is 15.6. The summed E-state index contributed by atoms with van der Waals surface area (Å²) in [6, 6.07) is 12.1. The Hall–Kier alpha value is -1.87. The number of nitrogens with two attached hydrogens (primary N) is 1. The molecule has 2 nitrogen and oxygen atoms in total. The number of thiocarbonyl (C=S) groups is 1. The largest absolute Gasteiger partial charge is 0.456 e. The molecule has 0 aliphatic rings. The molecule has 2 N–H and O–H groups in total. The van der Waals surface area contributed by atoms with Crippen molar-refractivity contribution in [2.24, 2.45) is 5.73 Å². The van der Waals surface area contributed by atoms with Gasteiger partial charge in [-0.15, -0.1) is 0 Å². The van der Waals surface area contributed by atoms with Crippen molar-refractivity contribution in [2.45, 2.75) is 33.6 Å². The minimum absolute atomic E-state index is 0.354. The number of rotatable bonds is 4. The van der Waals surface area contributed by atoms with Crippen LogP contribution >= 0.6 is 12.2 Å². The van der Waals surface area contributed by atoms with Crippen LogP contribution in [0.5, 0.6) is 11.5 Å². The summed E-state index contributed by atoms with van der Waals surface area (Å²) in [5, 5.41) is 0. The molecule has 0 bridgehead atoms. The molecular weight excluding hydrogens is 278 g/mol. The van der Waals surface area contributed by atoms with E-state index >= 15 is 0 Å². The molecule has 0 unspecified atom stereocenters. The van der Waals surface area contributed by atoms with E-state index in [2.05, 4.69) is 39.0 Å². The fourth-order valence-corrected chi connectivity index (χ4v) is 2.46. The van der Waals surface area contributed by atoms with E-state index in [1.54, 1.807) is 0 Å². The van der Waals surface area contributed by atoms with Crippen LogP contribution in [0.4, 0.5) is 0 Å². The third-order valence-electron chi connectivity index (χ3n) is 3.48. The van der Waals surface area contributed by atoms with Crippen LogP contribution in [0, 0.1) is 13.8 Å². The van der Waals surface area contributed by atoms with Gasteiger partial charge in [-0.1, -0.05) is 50.3 Å². The summed E-state index contributed by atoms with van der Waals surface area (Å²) in [5.41, 5.74) is 9.96. The highest BCUT2D eigenvalue weighted by Crippen LogP contribution is 2.34. The molecule has 0 fully saturated rings. The van der Waals surface area contributed by atoms with E-state index in [-0.39, 0.29) is 0 Å². The van der Waals surface area contributed by atoms with E-state index in [0.29, 0.717) is 10.9 Å². The average molecular weight is 299 g/mol. The first kappa shape index (κ1) is 15.5. The number of hydrogen-bond donors (Lipinski definition) is 1. The van der Waals surface area contributed by atoms with E-state index in [1.165, 1.54) is 11.1 Å². The van der Waals surface area contributed by atoms with Gasteiger partial charge >= 0.3 is 0 Å². The van der Waals surface area contributed by atoms with Crippen LogP contribution in [0.1, 0.15) is 42.0 Å². The molecule has 0 aliphatic heterocycles. The third kappa shape index (κ3) is 3.42. The van der Waals surface area contributed by atoms with E-state index < -0.39 is 0 Å². The molecule has 3 heteroatoms. The quantitative estimate of drug-likeness (QED) is 0.819. The van der Waals surface area contributed by atoms with Crippen LogP contribution in [0.25, 0.3) is 0 Å². The Labute approximate surface area is 131 Å². The number of hydrogen-bond acceptors (Lipinski definition) is 2. The minimum atomic E-state index is 0.354. The summed E-state index contributed by atoms with van der Waals surface area (Å²) in [6.45, 7) is 8.37. The molecule has 0 spiro atoms. The van der Waals surface area contributed by atoms with Crippen molar-refractivity contribution in [3.8, 4) is 11.5 Å². The van der Waals surface area contributed by atoms with Gasteiger partial charge in [0.05, 0.1) is 5.56 Å². The monoisotopic (exact) mass is 299 g/mol. The van der Waals surface area contributed by atoms with E-state index in [0.717, 1.165) is 22.6 Å². The van der Waals surface area contributed by atoms with Crippen molar-refractivity contribution < 1.29 is 4.74 Å². The summed E-state index contributed by atoms with van der Waals surface area (Å²) in [4.78, 5) is 0.354. The Balaban J connectivity index is 2.53. The van der Waals surface area contributed by atoms with E-state index in [1.807, 2.05) is 25.1 Å². The SMILES string of the molecule is Cc1ccc(C(C)C)c(Oc2c(C)cccc2C(N)=S)c1. The second kappa shape index (κ2) is 6.27. The zero-order valence-electron chi connectivity index (χ0n) is 12.9. The molecule has 0 aromatic heterocycles. The Kier molecular flexibility index (Phi) is 4.63. The topological polar surface area (TPSA) is 35.2 Å². The number of benzene rings is 2. The molecular formula is C18H21NOS. The highest BCUT2D eigenvalue weighted by atomic mass is 32.1. The highest BCUT2D eigenvalue weighted by molar-refractivity contribution is 7.80. The van der Waals surface area contributed by atoms with Crippen molar-refractivity contribution in [1.29, 1.82) is 0 Å². The molecule has 0 saturated heterocycles. The predicted octanol–water partition coefficient (Wildman–Crippen LogP) is 4.85. The summed E-state index contributed by atoms with van der Waals surface area (Å²) >= 11 is 5.13.